The molecule has 0 bridgehead atoms. The van der Waals surface area contributed by atoms with Crippen LogP contribution in [0.3, 0.4) is 0 Å². The molecule has 2 heterocycles. The maximum absolute atomic E-state index is 12.7. The van der Waals surface area contributed by atoms with Crippen molar-refractivity contribution in [3.8, 4) is 0 Å². The average Bonchev–Trinajstić information content (AvgIpc) is 2.75. The number of amides is 1. The molecule has 1 aromatic heterocycles. The monoisotopic (exact) mass is 272 g/mol. The second-order valence-electron chi connectivity index (χ2n) is 5.61. The normalized spacial score (nSPS) is 23.2. The molecule has 20 heavy (non-hydrogen) atoms. The van der Waals surface area contributed by atoms with Crippen molar-refractivity contribution >= 4 is 16.8 Å². The Morgan fingerprint density at radius 2 is 1.85 bits per heavy atom. The number of fused-ring (bicyclic) bond motifs is 1. The molecule has 1 saturated heterocycles. The predicted octanol–water partition coefficient (Wildman–Crippen LogP) is 2.43. The molecule has 0 saturated carbocycles. The molecule has 0 radical (unpaired) electrons. The third kappa shape index (κ3) is 2.20. The van der Waals surface area contributed by atoms with E-state index < -0.39 is 0 Å². The van der Waals surface area contributed by atoms with Gasteiger partial charge in [0.05, 0.1) is 12.2 Å². The molecule has 4 heteroatoms. The van der Waals surface area contributed by atoms with Crippen LogP contribution in [-0.2, 0) is 11.8 Å². The van der Waals surface area contributed by atoms with Gasteiger partial charge in [0.1, 0.15) is 5.69 Å². The highest BCUT2D eigenvalue weighted by Gasteiger charge is 2.28. The Labute approximate surface area is 118 Å². The lowest BCUT2D eigenvalue weighted by Gasteiger charge is -2.35. The lowest BCUT2D eigenvalue weighted by atomic mass is 10.2. The summed E-state index contributed by atoms with van der Waals surface area (Å²) in [5, 5.41) is 1.10. The number of ether oxygens (including phenoxy) is 1. The number of morpholine rings is 1. The fraction of sp³-hybridized carbons (Fsp3) is 0.438. The van der Waals surface area contributed by atoms with Gasteiger partial charge in [-0.05, 0) is 26.0 Å². The minimum atomic E-state index is 0.0886. The molecular weight excluding hydrogens is 252 g/mol. The van der Waals surface area contributed by atoms with E-state index in [2.05, 4.69) is 0 Å². The molecule has 0 spiro atoms. The van der Waals surface area contributed by atoms with Crippen LogP contribution in [0.25, 0.3) is 10.9 Å². The Morgan fingerprint density at radius 3 is 2.50 bits per heavy atom. The third-order valence-electron chi connectivity index (χ3n) is 3.88. The Balaban J connectivity index is 1.94. The fourth-order valence-electron chi connectivity index (χ4n) is 3.00. The molecule has 1 aromatic carbocycles. The van der Waals surface area contributed by atoms with Gasteiger partial charge in [0.25, 0.3) is 5.91 Å². The summed E-state index contributed by atoms with van der Waals surface area (Å²) in [5.74, 6) is 0.0886. The van der Waals surface area contributed by atoms with E-state index in [9.17, 15) is 4.79 Å². The molecule has 1 aliphatic heterocycles. The standard InChI is InChI=1S/C16H20N2O2/c1-11-9-18(10-12(2)20-11)16(19)15-8-13-6-4-5-7-14(13)17(15)3/h4-8,11-12H,9-10H2,1-3H3. The van der Waals surface area contributed by atoms with Crippen molar-refractivity contribution in [1.29, 1.82) is 0 Å². The summed E-state index contributed by atoms with van der Waals surface area (Å²) in [6, 6.07) is 10.0. The zero-order valence-electron chi connectivity index (χ0n) is 12.2. The van der Waals surface area contributed by atoms with Crippen molar-refractivity contribution in [3.05, 3.63) is 36.0 Å². The van der Waals surface area contributed by atoms with Crippen molar-refractivity contribution in [2.24, 2.45) is 7.05 Å². The molecule has 4 nitrogen and oxygen atoms in total. The highest BCUT2D eigenvalue weighted by Crippen LogP contribution is 2.21. The lowest BCUT2D eigenvalue weighted by Crippen LogP contribution is -2.48. The Morgan fingerprint density at radius 1 is 1.20 bits per heavy atom. The van der Waals surface area contributed by atoms with E-state index in [0.29, 0.717) is 13.1 Å². The smallest absolute Gasteiger partial charge is 0.270 e. The van der Waals surface area contributed by atoms with Crippen LogP contribution in [0.15, 0.2) is 30.3 Å². The quantitative estimate of drug-likeness (QED) is 0.799. The van der Waals surface area contributed by atoms with Crippen LogP contribution < -0.4 is 0 Å². The summed E-state index contributed by atoms with van der Waals surface area (Å²) in [6.45, 7) is 5.34. The van der Waals surface area contributed by atoms with E-state index in [0.717, 1.165) is 16.6 Å². The largest absolute Gasteiger partial charge is 0.372 e. The predicted molar refractivity (Wildman–Crippen MR) is 78.8 cm³/mol. The van der Waals surface area contributed by atoms with Gasteiger partial charge in [0.15, 0.2) is 0 Å². The van der Waals surface area contributed by atoms with Crippen LogP contribution in [0.2, 0.25) is 0 Å². The number of carbonyl (C=O) groups is 1. The molecule has 2 unspecified atom stereocenters. The van der Waals surface area contributed by atoms with E-state index in [4.69, 9.17) is 4.74 Å². The van der Waals surface area contributed by atoms with E-state index in [1.54, 1.807) is 0 Å². The zero-order chi connectivity index (χ0) is 14.3. The van der Waals surface area contributed by atoms with Crippen molar-refractivity contribution in [2.45, 2.75) is 26.1 Å². The zero-order valence-corrected chi connectivity index (χ0v) is 12.2. The third-order valence-corrected chi connectivity index (χ3v) is 3.88. The highest BCUT2D eigenvalue weighted by atomic mass is 16.5. The maximum Gasteiger partial charge on any atom is 0.270 e. The number of carbonyl (C=O) groups excluding carboxylic acids is 1. The van der Waals surface area contributed by atoms with Crippen LogP contribution in [0.5, 0.6) is 0 Å². The highest BCUT2D eigenvalue weighted by molar-refractivity contribution is 5.98. The number of rotatable bonds is 1. The summed E-state index contributed by atoms with van der Waals surface area (Å²) >= 11 is 0. The number of nitrogens with zero attached hydrogens (tertiary/aromatic N) is 2. The number of aryl methyl sites for hydroxylation is 1. The van der Waals surface area contributed by atoms with Gasteiger partial charge in [-0.25, -0.2) is 0 Å². The van der Waals surface area contributed by atoms with Crippen LogP contribution >= 0.6 is 0 Å². The molecule has 1 amide bonds. The summed E-state index contributed by atoms with van der Waals surface area (Å²) in [5.41, 5.74) is 1.83. The number of benzene rings is 1. The SMILES string of the molecule is CC1CN(C(=O)c2cc3ccccc3n2C)CC(C)O1. The van der Waals surface area contributed by atoms with Gasteiger partial charge in [-0.3, -0.25) is 4.79 Å². The first-order chi connectivity index (χ1) is 9.56. The molecule has 2 atom stereocenters. The fourth-order valence-corrected chi connectivity index (χ4v) is 3.00. The number of aromatic nitrogens is 1. The second-order valence-corrected chi connectivity index (χ2v) is 5.61. The van der Waals surface area contributed by atoms with Gasteiger partial charge >= 0.3 is 0 Å². The van der Waals surface area contributed by atoms with Crippen molar-refractivity contribution < 1.29 is 9.53 Å². The Kier molecular flexibility index (Phi) is 3.26. The first kappa shape index (κ1) is 13.2. The average molecular weight is 272 g/mol. The topological polar surface area (TPSA) is 34.5 Å². The molecule has 106 valence electrons. The molecule has 1 fully saturated rings. The van der Waals surface area contributed by atoms with Gasteiger partial charge in [-0.2, -0.15) is 0 Å². The molecule has 3 rings (SSSR count). The molecule has 0 aliphatic carbocycles. The number of hydrogen-bond donors (Lipinski definition) is 0. The minimum absolute atomic E-state index is 0.0886. The summed E-state index contributed by atoms with van der Waals surface area (Å²) in [4.78, 5) is 14.6. The van der Waals surface area contributed by atoms with Crippen LogP contribution in [0.1, 0.15) is 24.3 Å². The van der Waals surface area contributed by atoms with Crippen molar-refractivity contribution in [2.75, 3.05) is 13.1 Å². The molecular formula is C16H20N2O2. The van der Waals surface area contributed by atoms with Gasteiger partial charge in [0.2, 0.25) is 0 Å². The molecule has 1 aliphatic rings. The van der Waals surface area contributed by atoms with Crippen LogP contribution in [0.4, 0.5) is 0 Å². The van der Waals surface area contributed by atoms with Crippen molar-refractivity contribution in [1.82, 2.24) is 9.47 Å². The first-order valence-electron chi connectivity index (χ1n) is 7.05. The lowest BCUT2D eigenvalue weighted by molar-refractivity contribution is -0.0588. The van der Waals surface area contributed by atoms with Crippen molar-refractivity contribution in [3.63, 3.8) is 0 Å². The van der Waals surface area contributed by atoms with E-state index >= 15 is 0 Å². The Hall–Kier alpha value is -1.81. The van der Waals surface area contributed by atoms with E-state index in [1.165, 1.54) is 0 Å². The molecule has 0 N–H and O–H groups in total. The summed E-state index contributed by atoms with van der Waals surface area (Å²) in [7, 11) is 1.95. The molecule has 2 aromatic rings. The van der Waals surface area contributed by atoms with Crippen LogP contribution in [0, 0.1) is 0 Å². The first-order valence-corrected chi connectivity index (χ1v) is 7.05. The van der Waals surface area contributed by atoms with E-state index in [1.807, 2.05) is 60.7 Å². The Bertz CT molecular complexity index is 637. The van der Waals surface area contributed by atoms with Crippen LogP contribution in [-0.4, -0.2) is 40.7 Å². The number of para-hydroxylation sites is 1. The second kappa shape index (κ2) is 4.94. The number of hydrogen-bond acceptors (Lipinski definition) is 2. The summed E-state index contributed by atoms with van der Waals surface area (Å²) in [6.07, 6.45) is 0.190. The van der Waals surface area contributed by atoms with Gasteiger partial charge in [-0.15, -0.1) is 0 Å². The van der Waals surface area contributed by atoms with Gasteiger partial charge in [0, 0.05) is 31.0 Å². The minimum Gasteiger partial charge on any atom is -0.372 e. The maximum atomic E-state index is 12.7. The van der Waals surface area contributed by atoms with E-state index in [-0.39, 0.29) is 18.1 Å². The van der Waals surface area contributed by atoms with Gasteiger partial charge < -0.3 is 14.2 Å². The van der Waals surface area contributed by atoms with Gasteiger partial charge in [-0.1, -0.05) is 18.2 Å². The summed E-state index contributed by atoms with van der Waals surface area (Å²) < 4.78 is 7.67.